The summed E-state index contributed by atoms with van der Waals surface area (Å²) < 4.78 is 6.88. The Morgan fingerprint density at radius 1 is 1.71 bits per heavy atom. The topological polar surface area (TPSA) is 48.3 Å². The number of carbonyl (C=O) groups excluding carboxylic acids is 2. The van der Waals surface area contributed by atoms with Gasteiger partial charge in [-0.25, -0.2) is 4.79 Å². The highest BCUT2D eigenvalue weighted by Crippen LogP contribution is 2.21. The number of carbonyl (C=O) groups is 2. The van der Waals surface area contributed by atoms with Gasteiger partial charge in [-0.05, 0) is 28.9 Å². The van der Waals surface area contributed by atoms with Gasteiger partial charge in [0.25, 0.3) is 0 Å². The summed E-state index contributed by atoms with van der Waals surface area (Å²) in [6.07, 6.45) is 0.697. The predicted octanol–water partition coefficient (Wildman–Crippen LogP) is 1.87. The number of rotatable bonds is 3. The molecule has 76 valence electrons. The van der Waals surface area contributed by atoms with Crippen LogP contribution in [0, 0.1) is 0 Å². The third-order valence-electron chi connectivity index (χ3n) is 1.90. The van der Waals surface area contributed by atoms with E-state index in [0.29, 0.717) is 28.7 Å². The summed E-state index contributed by atoms with van der Waals surface area (Å²) in [4.78, 5) is 21.9. The van der Waals surface area contributed by atoms with Crippen LogP contribution in [0.15, 0.2) is 10.7 Å². The van der Waals surface area contributed by atoms with Crippen LogP contribution < -0.4 is 0 Å². The zero-order chi connectivity index (χ0) is 10.7. The Balaban J connectivity index is 3.28. The summed E-state index contributed by atoms with van der Waals surface area (Å²) in [7, 11) is 1.31. The zero-order valence-electron chi connectivity index (χ0n) is 7.91. The molecule has 0 amide bonds. The van der Waals surface area contributed by atoms with E-state index in [1.807, 2.05) is 6.92 Å². The first kappa shape index (κ1) is 11.0. The monoisotopic (exact) mass is 259 g/mol. The molecular formula is C9H10BrNO3. The lowest BCUT2D eigenvalue weighted by Gasteiger charge is -2.05. The molecule has 0 aromatic carbocycles. The Bertz CT molecular complexity index is 370. The minimum absolute atomic E-state index is 0.379. The number of hydrogen-bond acceptors (Lipinski definition) is 3. The maximum absolute atomic E-state index is 11.3. The molecule has 0 bridgehead atoms. The number of aldehydes is 1. The number of esters is 1. The molecule has 14 heavy (non-hydrogen) atoms. The number of hydrogen-bond donors (Lipinski definition) is 0. The Labute approximate surface area is 90.0 Å². The van der Waals surface area contributed by atoms with Crippen LogP contribution in [-0.4, -0.2) is 23.9 Å². The van der Waals surface area contributed by atoms with Crippen molar-refractivity contribution in [3.8, 4) is 0 Å². The van der Waals surface area contributed by atoms with E-state index in [2.05, 4.69) is 20.7 Å². The van der Waals surface area contributed by atoms with Crippen LogP contribution in [0.2, 0.25) is 0 Å². The molecule has 0 unspecified atom stereocenters. The minimum Gasteiger partial charge on any atom is -0.464 e. The van der Waals surface area contributed by atoms with Crippen molar-refractivity contribution in [2.45, 2.75) is 13.5 Å². The van der Waals surface area contributed by atoms with E-state index in [9.17, 15) is 9.59 Å². The SMILES string of the molecule is CCn1c(C(=O)OC)cc(C=O)c1Br. The van der Waals surface area contributed by atoms with Gasteiger partial charge in [-0.1, -0.05) is 0 Å². The highest BCUT2D eigenvalue weighted by atomic mass is 79.9. The average molecular weight is 260 g/mol. The first-order chi connectivity index (χ1) is 6.65. The van der Waals surface area contributed by atoms with E-state index in [-0.39, 0.29) is 0 Å². The van der Waals surface area contributed by atoms with Gasteiger partial charge in [0.2, 0.25) is 0 Å². The molecule has 0 aliphatic carbocycles. The summed E-state index contributed by atoms with van der Waals surface area (Å²) in [5, 5.41) is 0. The van der Waals surface area contributed by atoms with Gasteiger partial charge in [0.1, 0.15) is 5.69 Å². The number of aromatic nitrogens is 1. The average Bonchev–Trinajstić information content (AvgIpc) is 2.53. The van der Waals surface area contributed by atoms with Crippen LogP contribution in [0.5, 0.6) is 0 Å². The largest absolute Gasteiger partial charge is 0.464 e. The molecule has 0 atom stereocenters. The van der Waals surface area contributed by atoms with Gasteiger partial charge >= 0.3 is 5.97 Å². The molecule has 0 aliphatic rings. The number of nitrogens with zero attached hydrogens (tertiary/aromatic N) is 1. The van der Waals surface area contributed by atoms with Crippen molar-refractivity contribution in [3.63, 3.8) is 0 Å². The van der Waals surface area contributed by atoms with E-state index in [1.54, 1.807) is 4.57 Å². The highest BCUT2D eigenvalue weighted by molar-refractivity contribution is 9.10. The van der Waals surface area contributed by atoms with E-state index < -0.39 is 5.97 Å². The van der Waals surface area contributed by atoms with Crippen LogP contribution in [0.1, 0.15) is 27.8 Å². The lowest BCUT2D eigenvalue weighted by atomic mass is 10.3. The third kappa shape index (κ3) is 1.72. The van der Waals surface area contributed by atoms with Crippen molar-refractivity contribution in [1.82, 2.24) is 4.57 Å². The normalized spacial score (nSPS) is 9.93. The summed E-state index contributed by atoms with van der Waals surface area (Å²) in [5.74, 6) is -0.444. The molecule has 0 fully saturated rings. The van der Waals surface area contributed by atoms with Gasteiger partial charge in [-0.2, -0.15) is 0 Å². The van der Waals surface area contributed by atoms with Gasteiger partial charge in [0, 0.05) is 12.1 Å². The summed E-state index contributed by atoms with van der Waals surface area (Å²) in [6.45, 7) is 2.48. The molecule has 0 spiro atoms. The Morgan fingerprint density at radius 2 is 2.36 bits per heavy atom. The third-order valence-corrected chi connectivity index (χ3v) is 2.78. The van der Waals surface area contributed by atoms with Crippen molar-refractivity contribution in [1.29, 1.82) is 0 Å². The van der Waals surface area contributed by atoms with Gasteiger partial charge in [0.15, 0.2) is 6.29 Å². The molecule has 0 radical (unpaired) electrons. The fourth-order valence-corrected chi connectivity index (χ4v) is 1.86. The van der Waals surface area contributed by atoms with Crippen LogP contribution in [0.3, 0.4) is 0 Å². The molecule has 0 saturated carbocycles. The second-order valence-corrected chi connectivity index (χ2v) is 3.38. The molecule has 0 saturated heterocycles. The Morgan fingerprint density at radius 3 is 2.79 bits per heavy atom. The smallest absolute Gasteiger partial charge is 0.354 e. The molecule has 0 N–H and O–H groups in total. The van der Waals surface area contributed by atoms with Crippen LogP contribution in [0.25, 0.3) is 0 Å². The molecule has 0 aliphatic heterocycles. The van der Waals surface area contributed by atoms with E-state index in [1.165, 1.54) is 13.2 Å². The lowest BCUT2D eigenvalue weighted by Crippen LogP contribution is -2.09. The van der Waals surface area contributed by atoms with Crippen LogP contribution >= 0.6 is 15.9 Å². The quantitative estimate of drug-likeness (QED) is 0.615. The first-order valence-corrected chi connectivity index (χ1v) is 4.87. The molecule has 1 rings (SSSR count). The predicted molar refractivity (Wildman–Crippen MR) is 54.5 cm³/mol. The standard InChI is InChI=1S/C9H10BrNO3/c1-3-11-7(9(13)14-2)4-6(5-12)8(11)10/h4-5H,3H2,1-2H3. The maximum Gasteiger partial charge on any atom is 0.354 e. The second kappa shape index (κ2) is 4.41. The number of halogens is 1. The van der Waals surface area contributed by atoms with E-state index in [0.717, 1.165) is 0 Å². The highest BCUT2D eigenvalue weighted by Gasteiger charge is 2.17. The first-order valence-electron chi connectivity index (χ1n) is 4.08. The summed E-state index contributed by atoms with van der Waals surface area (Å²) >= 11 is 3.24. The molecule has 1 aromatic heterocycles. The van der Waals surface area contributed by atoms with Crippen LogP contribution in [-0.2, 0) is 11.3 Å². The molecule has 1 heterocycles. The van der Waals surface area contributed by atoms with Crippen molar-refractivity contribution >= 4 is 28.2 Å². The maximum atomic E-state index is 11.3. The second-order valence-electron chi connectivity index (χ2n) is 2.63. The van der Waals surface area contributed by atoms with Crippen molar-refractivity contribution in [2.75, 3.05) is 7.11 Å². The number of methoxy groups -OCH3 is 1. The van der Waals surface area contributed by atoms with Gasteiger partial charge in [-0.15, -0.1) is 0 Å². The molecular weight excluding hydrogens is 250 g/mol. The van der Waals surface area contributed by atoms with Crippen molar-refractivity contribution in [2.24, 2.45) is 0 Å². The van der Waals surface area contributed by atoms with E-state index in [4.69, 9.17) is 0 Å². The lowest BCUT2D eigenvalue weighted by molar-refractivity contribution is 0.0588. The zero-order valence-corrected chi connectivity index (χ0v) is 9.50. The fraction of sp³-hybridized carbons (Fsp3) is 0.333. The van der Waals surface area contributed by atoms with Crippen molar-refractivity contribution < 1.29 is 14.3 Å². The molecule has 4 nitrogen and oxygen atoms in total. The minimum atomic E-state index is -0.444. The van der Waals surface area contributed by atoms with Gasteiger partial charge in [-0.3, -0.25) is 4.79 Å². The summed E-state index contributed by atoms with van der Waals surface area (Å²) in [6, 6.07) is 1.51. The van der Waals surface area contributed by atoms with E-state index >= 15 is 0 Å². The molecule has 1 aromatic rings. The van der Waals surface area contributed by atoms with Crippen molar-refractivity contribution in [3.05, 3.63) is 21.9 Å². The summed E-state index contributed by atoms with van der Waals surface area (Å²) in [5.41, 5.74) is 0.830. The number of ether oxygens (including phenoxy) is 1. The fourth-order valence-electron chi connectivity index (χ4n) is 1.21. The Hall–Kier alpha value is -1.10. The van der Waals surface area contributed by atoms with Crippen LogP contribution in [0.4, 0.5) is 0 Å². The Kier molecular flexibility index (Phi) is 3.46. The molecule has 5 heteroatoms. The van der Waals surface area contributed by atoms with Gasteiger partial charge in [0.05, 0.1) is 11.7 Å². The van der Waals surface area contributed by atoms with Gasteiger partial charge < -0.3 is 9.30 Å².